The second-order valence-electron chi connectivity index (χ2n) is 3.77. The van der Waals surface area contributed by atoms with E-state index >= 15 is 0 Å². The van der Waals surface area contributed by atoms with Gasteiger partial charge in [0.25, 0.3) is 0 Å². The van der Waals surface area contributed by atoms with Gasteiger partial charge in [-0.25, -0.2) is 4.57 Å². The number of aryl methyl sites for hydroxylation is 1. The Morgan fingerprint density at radius 3 is 2.47 bits per heavy atom. The maximum atomic E-state index is 12.3. The van der Waals surface area contributed by atoms with Crippen LogP contribution in [0.3, 0.4) is 0 Å². The summed E-state index contributed by atoms with van der Waals surface area (Å²) in [6, 6.07) is 3.76. The number of pyridine rings is 1. The molecule has 0 unspecified atom stereocenters. The van der Waals surface area contributed by atoms with Gasteiger partial charge in [-0.1, -0.05) is 13.8 Å². The summed E-state index contributed by atoms with van der Waals surface area (Å²) in [6.45, 7) is 5.99. The molecule has 0 spiro atoms. The summed E-state index contributed by atoms with van der Waals surface area (Å²) >= 11 is 0. The minimum Gasteiger partial charge on any atom is -1.00 e. The Morgan fingerprint density at radius 1 is 1.40 bits per heavy atom. The van der Waals surface area contributed by atoms with Crippen molar-refractivity contribution < 1.29 is 17.9 Å². The van der Waals surface area contributed by atoms with Gasteiger partial charge in [0, 0.05) is 17.5 Å². The highest BCUT2D eigenvalue weighted by Gasteiger charge is 2.24. The average molecular weight is 217 g/mol. The Kier molecular flexibility index (Phi) is 5.40. The topological polar surface area (TPSA) is 3.88 Å². The van der Waals surface area contributed by atoms with Crippen LogP contribution < -0.4 is 9.27 Å². The molecule has 5 heteroatoms. The van der Waals surface area contributed by atoms with E-state index in [4.69, 9.17) is 0 Å². The van der Waals surface area contributed by atoms with Crippen LogP contribution in [0.4, 0.5) is 8.63 Å². The molecule has 1 rings (SSSR count). The van der Waals surface area contributed by atoms with Crippen LogP contribution in [0.1, 0.15) is 31.0 Å². The first-order valence-electron chi connectivity index (χ1n) is 4.79. The highest BCUT2D eigenvalue weighted by Crippen LogP contribution is 2.13. The van der Waals surface area contributed by atoms with E-state index in [1.54, 1.807) is 10.8 Å². The molecule has 0 bridgehead atoms. The summed E-state index contributed by atoms with van der Waals surface area (Å²) in [6.07, 6.45) is 1.50. The molecule has 1 heterocycles. The molecule has 0 aliphatic carbocycles. The fraction of sp³-hybridized carbons (Fsp3) is 0.500. The van der Waals surface area contributed by atoms with Gasteiger partial charge in [-0.15, -0.1) is 0 Å². The van der Waals surface area contributed by atoms with Gasteiger partial charge in [-0.3, -0.25) is 8.63 Å². The molecule has 0 N–H and O–H groups in total. The number of hydrogen-bond acceptors (Lipinski definition) is 0. The van der Waals surface area contributed by atoms with Crippen molar-refractivity contribution in [3.63, 3.8) is 0 Å². The molecule has 15 heavy (non-hydrogen) atoms. The van der Waals surface area contributed by atoms with E-state index < -0.39 is 7.27 Å². The molecule has 1 aromatic heterocycles. The minimum absolute atomic E-state index is 0. The normalized spacial score (nSPS) is 10.0. The molecule has 0 radical (unpaired) electrons. The van der Waals surface area contributed by atoms with Crippen molar-refractivity contribution in [1.29, 1.82) is 0 Å². The van der Waals surface area contributed by atoms with Crippen molar-refractivity contribution in [3.05, 3.63) is 29.6 Å². The quantitative estimate of drug-likeness (QED) is 0.469. The molecule has 1 nitrogen and oxygen atoms in total. The predicted molar refractivity (Wildman–Crippen MR) is 53.4 cm³/mol. The highest BCUT2D eigenvalue weighted by atomic mass is 19.2. The minimum atomic E-state index is -2.29. The van der Waals surface area contributed by atoms with E-state index in [9.17, 15) is 8.63 Å². The lowest BCUT2D eigenvalue weighted by Crippen LogP contribution is -3.00. The van der Waals surface area contributed by atoms with E-state index in [-0.39, 0.29) is 17.1 Å². The summed E-state index contributed by atoms with van der Waals surface area (Å²) in [5.41, 5.74) is 2.07. The third-order valence-corrected chi connectivity index (χ3v) is 2.21. The van der Waals surface area contributed by atoms with Crippen LogP contribution in [-0.2, 0) is 6.44 Å². The zero-order valence-electron chi connectivity index (χ0n) is 9.17. The first-order chi connectivity index (χ1) is 6.52. The maximum absolute atomic E-state index is 12.3. The number of rotatable bonds is 3. The molecular formula is C10H15BF3N. The van der Waals surface area contributed by atoms with E-state index in [0.717, 1.165) is 11.3 Å². The third kappa shape index (κ3) is 3.57. The van der Waals surface area contributed by atoms with Crippen molar-refractivity contribution in [1.82, 2.24) is 0 Å². The Labute approximate surface area is 88.7 Å². The van der Waals surface area contributed by atoms with Crippen LogP contribution in [0.5, 0.6) is 0 Å². The molecule has 0 saturated carbocycles. The van der Waals surface area contributed by atoms with E-state index in [0.29, 0.717) is 0 Å². The number of halogens is 3. The first-order valence-corrected chi connectivity index (χ1v) is 4.79. The molecule has 0 atom stereocenters. The Bertz CT molecular complexity index is 316. The standard InChI is InChI=1S/C10H15BF2N.FH/c1-8(2)10-9(3)5-4-6-14(10)7-11(12)13;/h4-6,8H,7H2,1-3H3;1H/q+1;/p-1. The second kappa shape index (κ2) is 5.78. The number of aromatic nitrogens is 1. The molecule has 0 amide bonds. The van der Waals surface area contributed by atoms with E-state index in [1.807, 2.05) is 32.9 Å². The van der Waals surface area contributed by atoms with Gasteiger partial charge >= 0.3 is 7.27 Å². The molecule has 0 aromatic carbocycles. The lowest BCUT2D eigenvalue weighted by atomic mass is 9.96. The van der Waals surface area contributed by atoms with Gasteiger partial charge in [-0.2, -0.15) is 0 Å². The lowest BCUT2D eigenvalue weighted by Gasteiger charge is -2.08. The van der Waals surface area contributed by atoms with Crippen molar-refractivity contribution in [2.45, 2.75) is 33.1 Å². The van der Waals surface area contributed by atoms with Crippen molar-refractivity contribution in [2.24, 2.45) is 0 Å². The van der Waals surface area contributed by atoms with E-state index in [1.165, 1.54) is 0 Å². The predicted octanol–water partition coefficient (Wildman–Crippen LogP) is -0.624. The molecule has 0 aliphatic rings. The summed E-state index contributed by atoms with van der Waals surface area (Å²) < 4.78 is 26.2. The smallest absolute Gasteiger partial charge is 0.604 e. The highest BCUT2D eigenvalue weighted by molar-refractivity contribution is 6.40. The Morgan fingerprint density at radius 2 is 2.00 bits per heavy atom. The van der Waals surface area contributed by atoms with Gasteiger partial charge in [0.05, 0.1) is 0 Å². The lowest BCUT2D eigenvalue weighted by molar-refractivity contribution is -0.690. The van der Waals surface area contributed by atoms with Crippen molar-refractivity contribution in [2.75, 3.05) is 0 Å². The van der Waals surface area contributed by atoms with Crippen LogP contribution >= 0.6 is 0 Å². The zero-order chi connectivity index (χ0) is 10.7. The molecule has 0 aliphatic heterocycles. The largest absolute Gasteiger partial charge is 1.00 e. The molecular weight excluding hydrogens is 202 g/mol. The second-order valence-corrected chi connectivity index (χ2v) is 3.77. The number of nitrogens with zero attached hydrogens (tertiary/aromatic N) is 1. The van der Waals surface area contributed by atoms with Crippen LogP contribution in [0.2, 0.25) is 0 Å². The summed E-state index contributed by atoms with van der Waals surface area (Å²) in [7, 11) is -2.29. The van der Waals surface area contributed by atoms with Crippen LogP contribution in [0.25, 0.3) is 0 Å². The maximum Gasteiger partial charge on any atom is 0.604 e. The number of hydrogen-bond donors (Lipinski definition) is 0. The van der Waals surface area contributed by atoms with Crippen molar-refractivity contribution in [3.8, 4) is 0 Å². The monoisotopic (exact) mass is 217 g/mol. The zero-order valence-corrected chi connectivity index (χ0v) is 9.17. The van der Waals surface area contributed by atoms with Gasteiger partial charge in [-0.05, 0) is 13.0 Å². The molecule has 0 saturated heterocycles. The van der Waals surface area contributed by atoms with E-state index in [2.05, 4.69) is 0 Å². The molecule has 0 fully saturated rings. The first kappa shape index (κ1) is 14.0. The van der Waals surface area contributed by atoms with Gasteiger partial charge in [0.1, 0.15) is 0 Å². The van der Waals surface area contributed by atoms with Gasteiger partial charge in [0.2, 0.25) is 0 Å². The summed E-state index contributed by atoms with van der Waals surface area (Å²) in [5.74, 6) is 0.273. The summed E-state index contributed by atoms with van der Waals surface area (Å²) in [4.78, 5) is 0. The third-order valence-electron chi connectivity index (χ3n) is 2.21. The van der Waals surface area contributed by atoms with Gasteiger partial charge < -0.3 is 4.70 Å². The Balaban J connectivity index is 0.00000196. The molecule has 1 aromatic rings. The van der Waals surface area contributed by atoms with Crippen LogP contribution in [-0.4, -0.2) is 7.27 Å². The fourth-order valence-corrected chi connectivity index (χ4v) is 1.78. The SMILES string of the molecule is Cc1ccc[n+](CB(F)F)c1C(C)C.[F-]. The summed E-state index contributed by atoms with van der Waals surface area (Å²) in [5, 5.41) is 0. The fourth-order valence-electron chi connectivity index (χ4n) is 1.78. The van der Waals surface area contributed by atoms with Crippen LogP contribution in [0.15, 0.2) is 18.3 Å². The van der Waals surface area contributed by atoms with Crippen LogP contribution in [0, 0.1) is 6.92 Å². The molecule has 84 valence electrons. The van der Waals surface area contributed by atoms with Crippen molar-refractivity contribution >= 4 is 7.27 Å². The van der Waals surface area contributed by atoms with Gasteiger partial charge in [0.15, 0.2) is 18.3 Å². The average Bonchev–Trinajstić information content (AvgIpc) is 2.01. The Hall–Kier alpha value is -0.995.